The molecule has 0 radical (unpaired) electrons. The first kappa shape index (κ1) is 21.2. The highest BCUT2D eigenvalue weighted by molar-refractivity contribution is 5.92. The second kappa shape index (κ2) is 9.41. The van der Waals surface area contributed by atoms with Gasteiger partial charge in [-0.2, -0.15) is 0 Å². The maximum atomic E-state index is 14.0. The molecule has 2 aromatic carbocycles. The summed E-state index contributed by atoms with van der Waals surface area (Å²) in [6, 6.07) is 12.9. The Labute approximate surface area is 181 Å². The van der Waals surface area contributed by atoms with Gasteiger partial charge in [0.2, 0.25) is 11.8 Å². The van der Waals surface area contributed by atoms with Crippen LogP contribution >= 0.6 is 0 Å². The van der Waals surface area contributed by atoms with Crippen LogP contribution in [-0.4, -0.2) is 47.3 Å². The van der Waals surface area contributed by atoms with Crippen molar-refractivity contribution in [2.24, 2.45) is 5.92 Å². The van der Waals surface area contributed by atoms with Crippen LogP contribution in [0, 0.1) is 17.6 Å². The fourth-order valence-electron chi connectivity index (χ4n) is 4.67. The quantitative estimate of drug-likeness (QED) is 0.680. The van der Waals surface area contributed by atoms with E-state index < -0.39 is 0 Å². The molecule has 4 nitrogen and oxygen atoms in total. The highest BCUT2D eigenvalue weighted by Crippen LogP contribution is 2.31. The number of hydrogen-bond acceptors (Lipinski definition) is 2. The van der Waals surface area contributed by atoms with E-state index in [0.717, 1.165) is 6.42 Å². The Balaban J connectivity index is 1.37. The van der Waals surface area contributed by atoms with Gasteiger partial charge in [0, 0.05) is 38.2 Å². The SMILES string of the molecule is O=C(/C=C/c1cccc(F)c1)N1CC[C@@H]2[C@@H](CCC(=O)N2CCc2ccccc2F)C1. The molecule has 2 amide bonds. The summed E-state index contributed by atoms with van der Waals surface area (Å²) in [5.74, 6) is -0.341. The molecule has 2 atom stereocenters. The van der Waals surface area contributed by atoms with Crippen molar-refractivity contribution in [1.82, 2.24) is 9.80 Å². The lowest BCUT2D eigenvalue weighted by Gasteiger charge is -2.47. The molecule has 2 heterocycles. The van der Waals surface area contributed by atoms with Crippen LogP contribution in [-0.2, 0) is 16.0 Å². The lowest BCUT2D eigenvalue weighted by molar-refractivity contribution is -0.142. The van der Waals surface area contributed by atoms with Crippen LogP contribution in [0.25, 0.3) is 6.08 Å². The van der Waals surface area contributed by atoms with Gasteiger partial charge < -0.3 is 9.80 Å². The Morgan fingerprint density at radius 2 is 1.94 bits per heavy atom. The van der Waals surface area contributed by atoms with Gasteiger partial charge in [-0.1, -0.05) is 30.3 Å². The molecule has 0 unspecified atom stereocenters. The topological polar surface area (TPSA) is 40.6 Å². The zero-order valence-corrected chi connectivity index (χ0v) is 17.3. The first-order valence-electron chi connectivity index (χ1n) is 10.8. The molecule has 0 bridgehead atoms. The number of piperidine rings is 2. The minimum Gasteiger partial charge on any atom is -0.339 e. The number of hydrogen-bond donors (Lipinski definition) is 0. The van der Waals surface area contributed by atoms with Crippen LogP contribution in [0.4, 0.5) is 8.78 Å². The molecular formula is C25H26F2N2O2. The Bertz CT molecular complexity index is 991. The van der Waals surface area contributed by atoms with Gasteiger partial charge >= 0.3 is 0 Å². The summed E-state index contributed by atoms with van der Waals surface area (Å²) in [6.45, 7) is 1.66. The summed E-state index contributed by atoms with van der Waals surface area (Å²) in [5.41, 5.74) is 1.26. The summed E-state index contributed by atoms with van der Waals surface area (Å²) in [7, 11) is 0. The molecule has 0 saturated carbocycles. The van der Waals surface area contributed by atoms with Crippen molar-refractivity contribution in [2.45, 2.75) is 31.7 Å². The third-order valence-electron chi connectivity index (χ3n) is 6.30. The van der Waals surface area contributed by atoms with E-state index >= 15 is 0 Å². The molecule has 6 heteroatoms. The van der Waals surface area contributed by atoms with Crippen molar-refractivity contribution in [3.8, 4) is 0 Å². The molecule has 2 aliphatic heterocycles. The molecule has 0 aliphatic carbocycles. The monoisotopic (exact) mass is 424 g/mol. The second-order valence-electron chi connectivity index (χ2n) is 8.26. The number of likely N-dealkylation sites (tertiary alicyclic amines) is 2. The van der Waals surface area contributed by atoms with Crippen LogP contribution in [0.15, 0.2) is 54.6 Å². The predicted molar refractivity (Wildman–Crippen MR) is 115 cm³/mol. The van der Waals surface area contributed by atoms with Gasteiger partial charge in [-0.05, 0) is 60.6 Å². The average molecular weight is 424 g/mol. The van der Waals surface area contributed by atoms with E-state index in [1.165, 1.54) is 24.3 Å². The number of carbonyl (C=O) groups excluding carboxylic acids is 2. The highest BCUT2D eigenvalue weighted by Gasteiger charge is 2.39. The third-order valence-corrected chi connectivity index (χ3v) is 6.30. The van der Waals surface area contributed by atoms with Crippen LogP contribution in [0.2, 0.25) is 0 Å². The zero-order valence-electron chi connectivity index (χ0n) is 17.3. The highest BCUT2D eigenvalue weighted by atomic mass is 19.1. The molecule has 2 saturated heterocycles. The summed E-state index contributed by atoms with van der Waals surface area (Å²) in [4.78, 5) is 28.9. The summed E-state index contributed by atoms with van der Waals surface area (Å²) >= 11 is 0. The van der Waals surface area contributed by atoms with E-state index in [0.29, 0.717) is 50.0 Å². The first-order valence-corrected chi connectivity index (χ1v) is 10.8. The third kappa shape index (κ3) is 5.01. The number of carbonyl (C=O) groups is 2. The van der Waals surface area contributed by atoms with E-state index in [2.05, 4.69) is 0 Å². The van der Waals surface area contributed by atoms with Gasteiger partial charge in [0.25, 0.3) is 0 Å². The van der Waals surface area contributed by atoms with E-state index in [1.807, 2.05) is 9.80 Å². The van der Waals surface area contributed by atoms with Gasteiger partial charge in [-0.3, -0.25) is 9.59 Å². The van der Waals surface area contributed by atoms with E-state index in [1.54, 1.807) is 36.4 Å². The minimum absolute atomic E-state index is 0.0873. The lowest BCUT2D eigenvalue weighted by atomic mass is 9.83. The predicted octanol–water partition coefficient (Wildman–Crippen LogP) is 4.06. The molecule has 2 aromatic rings. The van der Waals surface area contributed by atoms with Crippen molar-refractivity contribution in [3.63, 3.8) is 0 Å². The normalized spacial score (nSPS) is 21.4. The molecule has 4 rings (SSSR count). The molecule has 0 spiro atoms. The van der Waals surface area contributed by atoms with E-state index in [4.69, 9.17) is 0 Å². The van der Waals surface area contributed by atoms with E-state index in [9.17, 15) is 18.4 Å². The lowest BCUT2D eigenvalue weighted by Crippen LogP contribution is -2.57. The molecule has 162 valence electrons. The second-order valence-corrected chi connectivity index (χ2v) is 8.26. The number of rotatable bonds is 5. The maximum absolute atomic E-state index is 14.0. The number of amides is 2. The number of halogens is 2. The largest absolute Gasteiger partial charge is 0.339 e. The summed E-state index contributed by atoms with van der Waals surface area (Å²) in [6.07, 6.45) is 5.53. The summed E-state index contributed by atoms with van der Waals surface area (Å²) in [5, 5.41) is 0. The number of fused-ring (bicyclic) bond motifs is 1. The summed E-state index contributed by atoms with van der Waals surface area (Å²) < 4.78 is 27.3. The molecular weight excluding hydrogens is 398 g/mol. The van der Waals surface area contributed by atoms with Crippen molar-refractivity contribution in [1.29, 1.82) is 0 Å². The maximum Gasteiger partial charge on any atom is 0.246 e. The Hall–Kier alpha value is -3.02. The van der Waals surface area contributed by atoms with Gasteiger partial charge in [-0.25, -0.2) is 8.78 Å². The van der Waals surface area contributed by atoms with Crippen LogP contribution < -0.4 is 0 Å². The van der Waals surface area contributed by atoms with Gasteiger partial charge in [-0.15, -0.1) is 0 Å². The Kier molecular flexibility index (Phi) is 6.44. The smallest absolute Gasteiger partial charge is 0.246 e. The van der Waals surface area contributed by atoms with Gasteiger partial charge in [0.15, 0.2) is 0 Å². The molecule has 0 aromatic heterocycles. The van der Waals surface area contributed by atoms with Crippen molar-refractivity contribution in [2.75, 3.05) is 19.6 Å². The van der Waals surface area contributed by atoms with Crippen LogP contribution in [0.5, 0.6) is 0 Å². The fraction of sp³-hybridized carbons (Fsp3) is 0.360. The van der Waals surface area contributed by atoms with Crippen molar-refractivity contribution in [3.05, 3.63) is 77.4 Å². The van der Waals surface area contributed by atoms with Crippen molar-refractivity contribution >= 4 is 17.9 Å². The average Bonchev–Trinajstić information content (AvgIpc) is 2.77. The van der Waals surface area contributed by atoms with Gasteiger partial charge in [0.05, 0.1) is 0 Å². The van der Waals surface area contributed by atoms with Crippen molar-refractivity contribution < 1.29 is 18.4 Å². The fourth-order valence-corrected chi connectivity index (χ4v) is 4.67. The molecule has 2 fully saturated rings. The number of nitrogens with zero attached hydrogens (tertiary/aromatic N) is 2. The van der Waals surface area contributed by atoms with Crippen LogP contribution in [0.3, 0.4) is 0 Å². The zero-order chi connectivity index (χ0) is 21.8. The molecule has 0 N–H and O–H groups in total. The van der Waals surface area contributed by atoms with E-state index in [-0.39, 0.29) is 35.4 Å². The Morgan fingerprint density at radius 1 is 1.10 bits per heavy atom. The Morgan fingerprint density at radius 3 is 2.74 bits per heavy atom. The minimum atomic E-state index is -0.335. The van der Waals surface area contributed by atoms with Crippen LogP contribution in [0.1, 0.15) is 30.4 Å². The standard InChI is InChI=1S/C25H26F2N2O2/c26-21-6-3-4-18(16-21)8-10-24(30)28-14-13-23-20(17-28)9-11-25(31)29(23)15-12-19-5-1-2-7-22(19)27/h1-8,10,16,20,23H,9,11-15,17H2/b10-8+/t20-,23+/m0/s1. The molecule has 2 aliphatic rings. The molecule has 31 heavy (non-hydrogen) atoms. The first-order chi connectivity index (χ1) is 15.0. The number of benzene rings is 2. The van der Waals surface area contributed by atoms with Gasteiger partial charge in [0.1, 0.15) is 11.6 Å².